The lowest BCUT2D eigenvalue weighted by atomic mass is 10.0. The normalized spacial score (nSPS) is 15.6. The van der Waals surface area contributed by atoms with E-state index >= 15 is 0 Å². The first-order valence-corrected chi connectivity index (χ1v) is 11.7. The Labute approximate surface area is 216 Å². The van der Waals surface area contributed by atoms with Gasteiger partial charge in [-0.3, -0.25) is 0 Å². The maximum absolute atomic E-state index is 13.4. The molecule has 0 saturated carbocycles. The summed E-state index contributed by atoms with van der Waals surface area (Å²) in [4.78, 5) is 29.1. The number of hydrogen-bond acceptors (Lipinski definition) is 6. The molecule has 9 nitrogen and oxygen atoms in total. The van der Waals surface area contributed by atoms with Crippen LogP contribution in [0.5, 0.6) is 5.75 Å². The van der Waals surface area contributed by atoms with E-state index in [2.05, 4.69) is 21.0 Å². The molecule has 1 saturated heterocycles. The second kappa shape index (κ2) is 11.7. The van der Waals surface area contributed by atoms with E-state index in [1.165, 1.54) is 18.3 Å². The van der Waals surface area contributed by atoms with Gasteiger partial charge >= 0.3 is 18.5 Å². The second-order valence-electron chi connectivity index (χ2n) is 8.45. The van der Waals surface area contributed by atoms with E-state index in [4.69, 9.17) is 11.2 Å². The fourth-order valence-electron chi connectivity index (χ4n) is 4.07. The first-order chi connectivity index (χ1) is 18.2. The van der Waals surface area contributed by atoms with E-state index in [1.807, 2.05) is 30.3 Å². The third-order valence-corrected chi connectivity index (χ3v) is 5.85. The number of ether oxygens (including phenoxy) is 2. The summed E-state index contributed by atoms with van der Waals surface area (Å²) in [6.07, 6.45) is 2.13. The maximum Gasteiger partial charge on any atom is 0.573 e. The topological polar surface area (TPSA) is 89.8 Å². The Morgan fingerprint density at radius 3 is 2.50 bits per heavy atom. The molecule has 12 heteroatoms. The number of alkyl halides is 3. The summed E-state index contributed by atoms with van der Waals surface area (Å²) in [5.74, 6) is 2.05. The number of piperazine rings is 1. The minimum Gasteiger partial charge on any atom is -0.448 e. The Balaban J connectivity index is 1.49. The minimum absolute atomic E-state index is 0.114. The summed E-state index contributed by atoms with van der Waals surface area (Å²) in [6, 6.07) is 13.8. The van der Waals surface area contributed by atoms with Gasteiger partial charge in [0, 0.05) is 31.6 Å². The number of benzene rings is 2. The summed E-state index contributed by atoms with van der Waals surface area (Å²) in [7, 11) is 0. The summed E-state index contributed by atoms with van der Waals surface area (Å²) >= 11 is 0. The maximum atomic E-state index is 13.4. The molecule has 0 radical (unpaired) electrons. The highest BCUT2D eigenvalue weighted by Gasteiger charge is 2.34. The van der Waals surface area contributed by atoms with Crippen molar-refractivity contribution in [2.24, 2.45) is 0 Å². The molecule has 4 rings (SSSR count). The molecule has 1 aromatic heterocycles. The number of terminal acetylenes is 1. The number of rotatable bonds is 6. The molecular weight excluding hydrogens is 503 g/mol. The molecule has 0 aliphatic carbocycles. The number of nitrogens with zero attached hydrogens (tertiary/aromatic N) is 5. The van der Waals surface area contributed by atoms with Crippen molar-refractivity contribution in [1.29, 1.82) is 0 Å². The lowest BCUT2D eigenvalue weighted by molar-refractivity contribution is -0.274. The Kier molecular flexibility index (Phi) is 8.15. The van der Waals surface area contributed by atoms with E-state index in [-0.39, 0.29) is 38.0 Å². The molecule has 2 heterocycles. The van der Waals surface area contributed by atoms with Crippen LogP contribution in [0, 0.1) is 12.3 Å². The molecule has 3 aromatic rings. The smallest absolute Gasteiger partial charge is 0.448 e. The SMILES string of the molecule is C#CCCOC(=O)N1CCN(C(=O)n2cc(-c3ccc(OC(F)(F)F)cc3)nn2)C(Cc2ccccc2)C1. The molecule has 0 spiro atoms. The zero-order valence-corrected chi connectivity index (χ0v) is 20.2. The van der Waals surface area contributed by atoms with Crippen LogP contribution < -0.4 is 4.74 Å². The molecule has 1 aliphatic heterocycles. The number of carbonyl (C=O) groups excluding carboxylic acids is 2. The van der Waals surface area contributed by atoms with E-state index in [0.717, 1.165) is 22.4 Å². The molecule has 2 amide bonds. The van der Waals surface area contributed by atoms with Gasteiger partial charge in [0.2, 0.25) is 0 Å². The molecule has 1 fully saturated rings. The van der Waals surface area contributed by atoms with Crippen LogP contribution in [-0.2, 0) is 11.2 Å². The third-order valence-electron chi connectivity index (χ3n) is 5.85. The zero-order valence-electron chi connectivity index (χ0n) is 20.2. The fraction of sp³-hybridized carbons (Fsp3) is 0.308. The summed E-state index contributed by atoms with van der Waals surface area (Å²) in [5.41, 5.74) is 1.74. The van der Waals surface area contributed by atoms with Crippen LogP contribution in [0.15, 0.2) is 60.8 Å². The van der Waals surface area contributed by atoms with Crippen LogP contribution in [0.1, 0.15) is 12.0 Å². The predicted molar refractivity (Wildman–Crippen MR) is 130 cm³/mol. The van der Waals surface area contributed by atoms with Crippen molar-refractivity contribution in [3.63, 3.8) is 0 Å². The highest BCUT2D eigenvalue weighted by molar-refractivity contribution is 5.78. The first kappa shape index (κ1) is 26.5. The number of aromatic nitrogens is 3. The van der Waals surface area contributed by atoms with Crippen LogP contribution in [0.2, 0.25) is 0 Å². The van der Waals surface area contributed by atoms with Gasteiger partial charge in [0.15, 0.2) is 0 Å². The number of hydrogen-bond donors (Lipinski definition) is 0. The molecule has 1 unspecified atom stereocenters. The van der Waals surface area contributed by atoms with Crippen molar-refractivity contribution in [3.05, 3.63) is 66.4 Å². The van der Waals surface area contributed by atoms with Crippen LogP contribution in [-0.4, -0.2) is 75.6 Å². The van der Waals surface area contributed by atoms with Crippen molar-refractivity contribution in [2.45, 2.75) is 25.2 Å². The van der Waals surface area contributed by atoms with Crippen LogP contribution in [0.3, 0.4) is 0 Å². The van der Waals surface area contributed by atoms with Crippen molar-refractivity contribution >= 4 is 12.1 Å². The molecule has 0 bridgehead atoms. The van der Waals surface area contributed by atoms with Crippen molar-refractivity contribution < 1.29 is 32.2 Å². The summed E-state index contributed by atoms with van der Waals surface area (Å²) in [5, 5.41) is 7.94. The Morgan fingerprint density at radius 2 is 1.82 bits per heavy atom. The van der Waals surface area contributed by atoms with Crippen LogP contribution >= 0.6 is 0 Å². The number of amides is 2. The van der Waals surface area contributed by atoms with Gasteiger partial charge in [-0.05, 0) is 36.2 Å². The lowest BCUT2D eigenvalue weighted by Crippen LogP contribution is -2.58. The standard InChI is InChI=1S/C26H24F3N5O4/c1-2-3-15-37-25(36)32-13-14-33(21(17-32)16-19-7-5-4-6-8-19)24(35)34-18-23(30-31-34)20-9-11-22(12-10-20)38-26(27,28)29/h1,4-12,18,21H,3,13-17H2. The molecular formula is C26H24F3N5O4. The van der Waals surface area contributed by atoms with Gasteiger partial charge < -0.3 is 19.3 Å². The quantitative estimate of drug-likeness (QED) is 0.353. The van der Waals surface area contributed by atoms with Gasteiger partial charge in [-0.2, -0.15) is 4.68 Å². The highest BCUT2D eigenvalue weighted by Crippen LogP contribution is 2.26. The fourth-order valence-corrected chi connectivity index (χ4v) is 4.07. The van der Waals surface area contributed by atoms with Crippen molar-refractivity contribution in [1.82, 2.24) is 24.8 Å². The molecule has 38 heavy (non-hydrogen) atoms. The monoisotopic (exact) mass is 527 g/mol. The largest absolute Gasteiger partial charge is 0.573 e. The van der Waals surface area contributed by atoms with Gasteiger partial charge in [0.25, 0.3) is 0 Å². The van der Waals surface area contributed by atoms with Crippen LogP contribution in [0.4, 0.5) is 22.8 Å². The summed E-state index contributed by atoms with van der Waals surface area (Å²) in [6.45, 7) is 0.855. The van der Waals surface area contributed by atoms with Gasteiger partial charge in [-0.15, -0.1) is 30.6 Å². The average molecular weight is 528 g/mol. The van der Waals surface area contributed by atoms with E-state index in [9.17, 15) is 22.8 Å². The Morgan fingerprint density at radius 1 is 1.08 bits per heavy atom. The highest BCUT2D eigenvalue weighted by atomic mass is 19.4. The van der Waals surface area contributed by atoms with E-state index < -0.39 is 18.5 Å². The Hall–Kier alpha value is -4.53. The predicted octanol–water partition coefficient (Wildman–Crippen LogP) is 4.20. The average Bonchev–Trinajstić information content (AvgIpc) is 3.39. The van der Waals surface area contributed by atoms with Gasteiger partial charge in [-0.25, -0.2) is 9.59 Å². The molecule has 0 N–H and O–H groups in total. The van der Waals surface area contributed by atoms with Gasteiger partial charge in [0.05, 0.1) is 12.2 Å². The molecule has 1 atom stereocenters. The molecule has 2 aromatic carbocycles. The minimum atomic E-state index is -4.80. The number of carbonyl (C=O) groups is 2. The van der Waals surface area contributed by atoms with Gasteiger partial charge in [-0.1, -0.05) is 35.5 Å². The molecule has 1 aliphatic rings. The third kappa shape index (κ3) is 6.82. The first-order valence-electron chi connectivity index (χ1n) is 11.7. The Bertz CT molecular complexity index is 1290. The van der Waals surface area contributed by atoms with Crippen LogP contribution in [0.25, 0.3) is 11.3 Å². The lowest BCUT2D eigenvalue weighted by Gasteiger charge is -2.40. The van der Waals surface area contributed by atoms with Gasteiger partial charge in [0.1, 0.15) is 18.1 Å². The van der Waals surface area contributed by atoms with Crippen molar-refractivity contribution in [2.75, 3.05) is 26.2 Å². The summed E-state index contributed by atoms with van der Waals surface area (Å²) < 4.78 is 47.4. The second-order valence-corrected chi connectivity index (χ2v) is 8.45. The van der Waals surface area contributed by atoms with E-state index in [0.29, 0.717) is 24.1 Å². The zero-order chi connectivity index (χ0) is 27.1. The number of halogens is 3. The van der Waals surface area contributed by atoms with Crippen molar-refractivity contribution in [3.8, 4) is 29.4 Å². The molecule has 198 valence electrons. The van der Waals surface area contributed by atoms with E-state index in [1.54, 1.807) is 9.80 Å².